The van der Waals surface area contributed by atoms with Gasteiger partial charge in [0.15, 0.2) is 0 Å². The number of carbonyl (C=O) groups excluding carboxylic acids is 1. The maximum absolute atomic E-state index is 12.2. The van der Waals surface area contributed by atoms with Crippen molar-refractivity contribution in [1.29, 1.82) is 0 Å². The average Bonchev–Trinajstić information content (AvgIpc) is 3.45. The van der Waals surface area contributed by atoms with Crippen LogP contribution in [-0.2, 0) is 11.3 Å². The van der Waals surface area contributed by atoms with E-state index in [4.69, 9.17) is 37.7 Å². The Morgan fingerprint density at radius 3 is 2.32 bits per heavy atom. The van der Waals surface area contributed by atoms with Gasteiger partial charge in [0, 0.05) is 23.3 Å². The number of ether oxygens (including phenoxy) is 2. The maximum Gasteiger partial charge on any atom is 0.411 e. The SMILES string of the molecule is COc1cc(-c2ccc(C=Cc3nc(-c4ccc(Cl)cc4Cl)cn3Cc3ccc(C(=O)O)cc3)cc2)ccc1NC(=O)OCC(C)C. The van der Waals surface area contributed by atoms with Crippen molar-refractivity contribution in [2.24, 2.45) is 5.92 Å². The molecule has 4 aromatic carbocycles. The Balaban J connectivity index is 1.37. The predicted octanol–water partition coefficient (Wildman–Crippen LogP) is 9.65. The van der Waals surface area contributed by atoms with Crippen LogP contribution in [-0.4, -0.2) is 40.4 Å². The second-order valence-corrected chi connectivity index (χ2v) is 12.1. The highest BCUT2D eigenvalue weighted by molar-refractivity contribution is 6.36. The maximum atomic E-state index is 12.2. The smallest absolute Gasteiger partial charge is 0.411 e. The molecule has 0 unspecified atom stereocenters. The highest BCUT2D eigenvalue weighted by atomic mass is 35.5. The van der Waals surface area contributed by atoms with Gasteiger partial charge in [-0.2, -0.15) is 0 Å². The van der Waals surface area contributed by atoms with Crippen molar-refractivity contribution in [2.75, 3.05) is 19.0 Å². The third-order valence-electron chi connectivity index (χ3n) is 7.22. The molecule has 0 bridgehead atoms. The Morgan fingerprint density at radius 2 is 1.66 bits per heavy atom. The summed E-state index contributed by atoms with van der Waals surface area (Å²) in [5.41, 5.74) is 5.96. The number of carbonyl (C=O) groups is 2. The third kappa shape index (κ3) is 8.61. The summed E-state index contributed by atoms with van der Waals surface area (Å²) in [6, 6.07) is 25.6. The molecule has 8 nitrogen and oxygen atoms in total. The Morgan fingerprint density at radius 1 is 0.936 bits per heavy atom. The molecular weight excluding hydrogens is 637 g/mol. The lowest BCUT2D eigenvalue weighted by Crippen LogP contribution is -2.17. The van der Waals surface area contributed by atoms with E-state index < -0.39 is 12.1 Å². The average molecular weight is 671 g/mol. The monoisotopic (exact) mass is 669 g/mol. The van der Waals surface area contributed by atoms with Crippen LogP contribution in [0.5, 0.6) is 5.75 Å². The standard InChI is InChI=1S/C37H33Cl2N3O5/c1-23(2)22-47-37(45)41-32-16-13-28(18-34(32)46-3)26-9-4-24(5-10-26)8-17-35-40-33(30-15-14-29(38)19-31(30)39)21-42(35)20-25-6-11-27(12-7-25)36(43)44/h4-19,21,23H,20,22H2,1-3H3,(H,41,45)(H,43,44). The number of aromatic carboxylic acids is 1. The molecule has 5 rings (SSSR count). The number of methoxy groups -OCH3 is 1. The van der Waals surface area contributed by atoms with Crippen LogP contribution in [0.2, 0.25) is 10.0 Å². The molecule has 1 heterocycles. The molecule has 2 N–H and O–H groups in total. The fourth-order valence-electron chi connectivity index (χ4n) is 4.79. The molecular formula is C37H33Cl2N3O5. The zero-order chi connectivity index (χ0) is 33.5. The van der Waals surface area contributed by atoms with Gasteiger partial charge in [-0.1, -0.05) is 85.6 Å². The summed E-state index contributed by atoms with van der Waals surface area (Å²) in [5.74, 6) is 0.479. The molecule has 0 aliphatic carbocycles. The largest absolute Gasteiger partial charge is 0.495 e. The number of nitrogens with one attached hydrogen (secondary N) is 1. The lowest BCUT2D eigenvalue weighted by atomic mass is 10.0. The number of hydrogen-bond donors (Lipinski definition) is 2. The van der Waals surface area contributed by atoms with Crippen molar-refractivity contribution in [2.45, 2.75) is 20.4 Å². The Hall–Kier alpha value is -5.05. The molecule has 0 radical (unpaired) electrons. The molecule has 0 aliphatic rings. The minimum Gasteiger partial charge on any atom is -0.495 e. The quantitative estimate of drug-likeness (QED) is 0.145. The van der Waals surface area contributed by atoms with Crippen molar-refractivity contribution in [3.05, 3.63) is 124 Å². The van der Waals surface area contributed by atoms with E-state index >= 15 is 0 Å². The van der Waals surface area contributed by atoms with Gasteiger partial charge >= 0.3 is 12.1 Å². The molecule has 0 saturated heterocycles. The second kappa shape index (κ2) is 15.0. The van der Waals surface area contributed by atoms with E-state index in [0.717, 1.165) is 27.8 Å². The second-order valence-electron chi connectivity index (χ2n) is 11.2. The van der Waals surface area contributed by atoms with Gasteiger partial charge in [-0.3, -0.25) is 5.32 Å². The molecule has 1 amide bonds. The molecule has 1 aromatic heterocycles. The van der Waals surface area contributed by atoms with Crippen LogP contribution in [0.15, 0.2) is 91.1 Å². The number of amides is 1. The number of rotatable bonds is 11. The molecule has 5 aromatic rings. The number of carboxylic acid groups (broad SMARTS) is 1. The summed E-state index contributed by atoms with van der Waals surface area (Å²) >= 11 is 12.6. The number of halogens is 2. The zero-order valence-electron chi connectivity index (χ0n) is 26.0. The Labute approximate surface area is 283 Å². The van der Waals surface area contributed by atoms with Crippen LogP contribution in [0.25, 0.3) is 34.5 Å². The first-order valence-electron chi connectivity index (χ1n) is 14.8. The van der Waals surface area contributed by atoms with Crippen LogP contribution >= 0.6 is 23.2 Å². The molecule has 0 saturated carbocycles. The van der Waals surface area contributed by atoms with Crippen LogP contribution in [0.4, 0.5) is 10.5 Å². The number of benzene rings is 4. The van der Waals surface area contributed by atoms with Gasteiger partial charge in [-0.25, -0.2) is 14.6 Å². The number of nitrogens with zero attached hydrogens (tertiary/aromatic N) is 2. The number of carboxylic acids is 1. The van der Waals surface area contributed by atoms with Crippen LogP contribution in [0, 0.1) is 5.92 Å². The Kier molecular flexibility index (Phi) is 10.7. The van der Waals surface area contributed by atoms with Crippen molar-refractivity contribution < 1.29 is 24.2 Å². The van der Waals surface area contributed by atoms with Gasteiger partial charge in [0.2, 0.25) is 0 Å². The van der Waals surface area contributed by atoms with E-state index in [9.17, 15) is 14.7 Å². The molecule has 0 fully saturated rings. The summed E-state index contributed by atoms with van der Waals surface area (Å²) in [6.07, 6.45) is 5.29. The number of imidazole rings is 1. The van der Waals surface area contributed by atoms with Gasteiger partial charge < -0.3 is 19.1 Å². The summed E-state index contributed by atoms with van der Waals surface area (Å²) in [6.45, 7) is 4.74. The summed E-state index contributed by atoms with van der Waals surface area (Å²) in [5, 5.41) is 13.0. The molecule has 240 valence electrons. The molecule has 0 atom stereocenters. The number of hydrogen-bond acceptors (Lipinski definition) is 5. The minimum atomic E-state index is -0.972. The third-order valence-corrected chi connectivity index (χ3v) is 7.77. The fraction of sp³-hybridized carbons (Fsp3) is 0.162. The lowest BCUT2D eigenvalue weighted by Gasteiger charge is -2.13. The summed E-state index contributed by atoms with van der Waals surface area (Å²) in [4.78, 5) is 28.3. The van der Waals surface area contributed by atoms with Crippen molar-refractivity contribution in [3.8, 4) is 28.1 Å². The summed E-state index contributed by atoms with van der Waals surface area (Å²) < 4.78 is 12.7. The van der Waals surface area contributed by atoms with Gasteiger partial charge in [-0.05, 0) is 76.7 Å². The zero-order valence-corrected chi connectivity index (χ0v) is 27.5. The highest BCUT2D eigenvalue weighted by Gasteiger charge is 2.14. The van der Waals surface area contributed by atoms with Crippen LogP contribution in [0.1, 0.15) is 41.2 Å². The van der Waals surface area contributed by atoms with E-state index in [1.165, 1.54) is 0 Å². The van der Waals surface area contributed by atoms with E-state index in [0.29, 0.717) is 46.2 Å². The van der Waals surface area contributed by atoms with Gasteiger partial charge in [0.05, 0.1) is 35.7 Å². The molecule has 10 heteroatoms. The first kappa shape index (κ1) is 33.3. The lowest BCUT2D eigenvalue weighted by molar-refractivity contribution is 0.0696. The van der Waals surface area contributed by atoms with Gasteiger partial charge in [0.25, 0.3) is 0 Å². The van der Waals surface area contributed by atoms with Crippen molar-refractivity contribution in [3.63, 3.8) is 0 Å². The topological polar surface area (TPSA) is 103 Å². The van der Waals surface area contributed by atoms with Gasteiger partial charge in [0.1, 0.15) is 11.6 Å². The fourth-order valence-corrected chi connectivity index (χ4v) is 5.29. The first-order valence-corrected chi connectivity index (χ1v) is 15.6. The predicted molar refractivity (Wildman–Crippen MR) is 187 cm³/mol. The molecule has 0 spiro atoms. The Bertz CT molecular complexity index is 1920. The van der Waals surface area contributed by atoms with Crippen molar-refractivity contribution in [1.82, 2.24) is 9.55 Å². The van der Waals surface area contributed by atoms with E-state index in [2.05, 4.69) is 5.32 Å². The van der Waals surface area contributed by atoms with E-state index in [1.54, 1.807) is 49.6 Å². The molecule has 47 heavy (non-hydrogen) atoms. The minimum absolute atomic E-state index is 0.226. The summed E-state index contributed by atoms with van der Waals surface area (Å²) in [7, 11) is 1.55. The first-order chi connectivity index (χ1) is 22.6. The van der Waals surface area contributed by atoms with E-state index in [1.807, 2.05) is 79.2 Å². The highest BCUT2D eigenvalue weighted by Crippen LogP contribution is 2.32. The number of aromatic nitrogens is 2. The van der Waals surface area contributed by atoms with Crippen LogP contribution < -0.4 is 10.1 Å². The normalized spacial score (nSPS) is 11.2. The van der Waals surface area contributed by atoms with Gasteiger partial charge in [-0.15, -0.1) is 0 Å². The number of anilines is 1. The van der Waals surface area contributed by atoms with Crippen LogP contribution in [0.3, 0.4) is 0 Å². The van der Waals surface area contributed by atoms with Crippen molar-refractivity contribution >= 4 is 53.1 Å². The van der Waals surface area contributed by atoms with E-state index in [-0.39, 0.29) is 11.5 Å². The molecule has 0 aliphatic heterocycles.